The summed E-state index contributed by atoms with van der Waals surface area (Å²) in [4.78, 5) is 2.07. The van der Waals surface area contributed by atoms with Gasteiger partial charge in [0.2, 0.25) is 0 Å². The van der Waals surface area contributed by atoms with Crippen LogP contribution in [0, 0.1) is 0 Å². The van der Waals surface area contributed by atoms with Crippen molar-refractivity contribution in [3.8, 4) is 0 Å². The number of hydrogen-bond donors (Lipinski definition) is 0. The van der Waals surface area contributed by atoms with E-state index in [9.17, 15) is 33.6 Å². The first-order chi connectivity index (χ1) is 9.12. The molecule has 0 saturated heterocycles. The zero-order valence-electron chi connectivity index (χ0n) is 13.1. The van der Waals surface area contributed by atoms with Crippen LogP contribution in [0.4, 0.5) is 25.2 Å². The Bertz CT molecular complexity index is 534. The fourth-order valence-corrected chi connectivity index (χ4v) is 2.22. The van der Waals surface area contributed by atoms with Crippen molar-refractivity contribution in [2.75, 3.05) is 28.2 Å². The van der Waals surface area contributed by atoms with Crippen LogP contribution in [-0.4, -0.2) is 57.5 Å². The molecule has 0 aromatic heterocycles. The van der Waals surface area contributed by atoms with E-state index in [0.29, 0.717) is 4.91 Å². The molecular formula is C10H21F6N2O2PS. The fraction of sp³-hybridized carbons (Fsp3) is 0.700. The summed E-state index contributed by atoms with van der Waals surface area (Å²) in [5, 5.41) is -0.403. The summed E-state index contributed by atoms with van der Waals surface area (Å²) >= 11 is 0. The van der Waals surface area contributed by atoms with Crippen molar-refractivity contribution < 1.29 is 38.2 Å². The molecule has 0 fully saturated rings. The maximum atomic E-state index is 11.9. The SMILES string of the molecule is CC(C)S(=O)(=O)/C(C=[N+](C)C)=C\N(C)C.F[P-](F)(F)(F)(F)F. The van der Waals surface area contributed by atoms with Crippen LogP contribution in [0.3, 0.4) is 0 Å². The molecule has 0 spiro atoms. The molecule has 0 aliphatic heterocycles. The van der Waals surface area contributed by atoms with Crippen LogP contribution in [0.1, 0.15) is 13.8 Å². The van der Waals surface area contributed by atoms with Gasteiger partial charge >= 0.3 is 33.0 Å². The Balaban J connectivity index is 0. The Kier molecular flexibility index (Phi) is 6.76. The van der Waals surface area contributed by atoms with Crippen molar-refractivity contribution in [1.29, 1.82) is 0 Å². The van der Waals surface area contributed by atoms with E-state index in [-0.39, 0.29) is 0 Å². The van der Waals surface area contributed by atoms with Crippen molar-refractivity contribution in [1.82, 2.24) is 4.90 Å². The van der Waals surface area contributed by atoms with Gasteiger partial charge in [-0.1, -0.05) is 0 Å². The summed E-state index contributed by atoms with van der Waals surface area (Å²) in [6.07, 6.45) is 3.24. The van der Waals surface area contributed by atoms with Crippen molar-refractivity contribution in [3.05, 3.63) is 11.1 Å². The van der Waals surface area contributed by atoms with Crippen LogP contribution in [0.15, 0.2) is 11.1 Å². The minimum absolute atomic E-state index is 0.340. The zero-order valence-corrected chi connectivity index (χ0v) is 14.8. The number of allylic oxidation sites excluding steroid dienone is 1. The number of rotatable bonds is 4. The minimum atomic E-state index is -10.7. The van der Waals surface area contributed by atoms with Gasteiger partial charge in [0.05, 0.1) is 5.25 Å². The molecule has 0 unspecified atom stereocenters. The van der Waals surface area contributed by atoms with E-state index in [2.05, 4.69) is 0 Å². The standard InChI is InChI=1S/C10H21N2O2S.F6P/c1-9(2)15(13,14)10(7-11(3)4)8-12(5)6;1-7(2,3,4,5)6/h7-9H,1-6H3;/q+1;-1. The molecule has 0 bridgehead atoms. The summed E-state index contributed by atoms with van der Waals surface area (Å²) in [5.41, 5.74) is 0. The van der Waals surface area contributed by atoms with Crippen LogP contribution < -0.4 is 0 Å². The Labute approximate surface area is 126 Å². The van der Waals surface area contributed by atoms with Gasteiger partial charge in [-0.15, -0.1) is 0 Å². The van der Waals surface area contributed by atoms with Gasteiger partial charge in [0, 0.05) is 20.3 Å². The van der Waals surface area contributed by atoms with E-state index in [4.69, 9.17) is 0 Å². The molecule has 0 saturated carbocycles. The average Bonchev–Trinajstić information content (AvgIpc) is 2.09. The van der Waals surface area contributed by atoms with Crippen molar-refractivity contribution in [2.45, 2.75) is 19.1 Å². The molecule has 0 aliphatic rings. The summed E-state index contributed by atoms with van der Waals surface area (Å²) in [6.45, 7) is 3.37. The Hall–Kier alpha value is -0.830. The maximum absolute atomic E-state index is 11.9. The van der Waals surface area contributed by atoms with Crippen LogP contribution in [0.25, 0.3) is 0 Å². The van der Waals surface area contributed by atoms with Crippen LogP contribution in [0.2, 0.25) is 0 Å². The molecule has 0 aromatic carbocycles. The van der Waals surface area contributed by atoms with Gasteiger partial charge in [0.1, 0.15) is 19.0 Å². The molecule has 0 N–H and O–H groups in total. The number of nitrogens with zero attached hydrogens (tertiary/aromatic N) is 2. The van der Waals surface area contributed by atoms with E-state index in [0.717, 1.165) is 0 Å². The molecule has 0 radical (unpaired) electrons. The number of hydrogen-bond acceptors (Lipinski definition) is 3. The first-order valence-corrected chi connectivity index (χ1v) is 9.40. The van der Waals surface area contributed by atoms with E-state index in [1.54, 1.807) is 63.9 Å². The summed E-state index contributed by atoms with van der Waals surface area (Å²) in [6, 6.07) is 0. The molecule has 136 valence electrons. The van der Waals surface area contributed by atoms with Crippen LogP contribution >= 0.6 is 7.81 Å². The van der Waals surface area contributed by atoms with Crippen LogP contribution in [-0.2, 0) is 9.84 Å². The van der Waals surface area contributed by atoms with Crippen LogP contribution in [0.5, 0.6) is 0 Å². The first kappa shape index (κ1) is 23.4. The second-order valence-corrected chi connectivity index (χ2v) is 9.56. The van der Waals surface area contributed by atoms with E-state index >= 15 is 0 Å². The number of sulfone groups is 1. The molecule has 0 atom stereocenters. The first-order valence-electron chi connectivity index (χ1n) is 5.82. The number of halogens is 6. The van der Waals surface area contributed by atoms with E-state index in [1.165, 1.54) is 0 Å². The molecule has 22 heavy (non-hydrogen) atoms. The molecule has 0 aliphatic carbocycles. The van der Waals surface area contributed by atoms with Gasteiger partial charge in [0.15, 0.2) is 16.1 Å². The molecule has 0 rings (SSSR count). The third kappa shape index (κ3) is 17.2. The molecule has 4 nitrogen and oxygen atoms in total. The molecular weight excluding hydrogens is 357 g/mol. The topological polar surface area (TPSA) is 40.4 Å². The predicted molar refractivity (Wildman–Crippen MR) is 77.6 cm³/mol. The Morgan fingerprint density at radius 3 is 1.55 bits per heavy atom. The monoisotopic (exact) mass is 378 g/mol. The molecule has 0 heterocycles. The quantitative estimate of drug-likeness (QED) is 0.322. The summed E-state index contributed by atoms with van der Waals surface area (Å²) in [5.74, 6) is 0. The van der Waals surface area contributed by atoms with Gasteiger partial charge in [0.25, 0.3) is 0 Å². The Morgan fingerprint density at radius 1 is 1.05 bits per heavy atom. The van der Waals surface area contributed by atoms with Gasteiger partial charge in [-0.3, -0.25) is 0 Å². The fourth-order valence-electron chi connectivity index (χ4n) is 0.961. The molecule has 12 heteroatoms. The van der Waals surface area contributed by atoms with E-state index in [1.807, 2.05) is 0 Å². The summed E-state index contributed by atoms with van der Waals surface area (Å²) < 4.78 is 84.8. The van der Waals surface area contributed by atoms with Gasteiger partial charge in [-0.05, 0) is 13.8 Å². The third-order valence-corrected chi connectivity index (χ3v) is 3.83. The Morgan fingerprint density at radius 2 is 1.36 bits per heavy atom. The normalized spacial score (nSPS) is 16.1. The second-order valence-electron chi connectivity index (χ2n) is 5.14. The molecule has 0 aromatic rings. The van der Waals surface area contributed by atoms with Crippen molar-refractivity contribution in [2.24, 2.45) is 0 Å². The predicted octanol–water partition coefficient (Wildman–Crippen LogP) is 3.94. The third-order valence-electron chi connectivity index (χ3n) is 1.72. The second kappa shape index (κ2) is 6.35. The van der Waals surface area contributed by atoms with E-state index < -0.39 is 22.9 Å². The summed E-state index contributed by atoms with van der Waals surface area (Å²) in [7, 11) is -6.64. The zero-order chi connectivity index (χ0) is 18.6. The molecule has 0 amide bonds. The van der Waals surface area contributed by atoms with Crippen molar-refractivity contribution >= 4 is 23.9 Å². The van der Waals surface area contributed by atoms with Gasteiger partial charge < -0.3 is 4.90 Å². The van der Waals surface area contributed by atoms with Crippen molar-refractivity contribution in [3.63, 3.8) is 0 Å². The van der Waals surface area contributed by atoms with Gasteiger partial charge in [-0.2, -0.15) is 0 Å². The average molecular weight is 378 g/mol. The van der Waals surface area contributed by atoms with Gasteiger partial charge in [-0.25, -0.2) is 13.0 Å².